The molecule has 0 saturated heterocycles. The summed E-state index contributed by atoms with van der Waals surface area (Å²) in [6.07, 6.45) is 2.75. The molecule has 0 aliphatic carbocycles. The fourth-order valence-corrected chi connectivity index (χ4v) is 5.83. The van der Waals surface area contributed by atoms with Gasteiger partial charge in [-0.15, -0.1) is 11.8 Å². The van der Waals surface area contributed by atoms with Crippen molar-refractivity contribution < 1.29 is 4.79 Å². The predicted octanol–water partition coefficient (Wildman–Crippen LogP) is 6.82. The highest BCUT2D eigenvalue weighted by Crippen LogP contribution is 2.48. The lowest BCUT2D eigenvalue weighted by Crippen LogP contribution is -2.42. The average molecular weight is 425 g/mol. The van der Waals surface area contributed by atoms with Gasteiger partial charge in [0.2, 0.25) is 0 Å². The van der Waals surface area contributed by atoms with Crippen LogP contribution in [0.5, 0.6) is 0 Å². The largest absolute Gasteiger partial charge is 0.305 e. The van der Waals surface area contributed by atoms with Crippen LogP contribution in [0.3, 0.4) is 0 Å². The average Bonchev–Trinajstić information content (AvgIpc) is 2.80. The van der Waals surface area contributed by atoms with Crippen LogP contribution in [0.1, 0.15) is 40.1 Å². The Labute approximate surface area is 187 Å². The Balaban J connectivity index is 1.56. The summed E-state index contributed by atoms with van der Waals surface area (Å²) in [6, 6.07) is 26.6. The highest BCUT2D eigenvalue weighted by atomic mass is 32.2. The number of benzene rings is 3. The summed E-state index contributed by atoms with van der Waals surface area (Å²) in [5, 5.41) is 1.42. The molecule has 4 heteroatoms. The van der Waals surface area contributed by atoms with Crippen molar-refractivity contribution in [2.45, 2.75) is 36.5 Å². The number of carbonyl (C=O) groups excluding carboxylic acids is 1. The van der Waals surface area contributed by atoms with Crippen molar-refractivity contribution in [1.82, 2.24) is 4.98 Å². The molecule has 0 N–H and O–H groups in total. The van der Waals surface area contributed by atoms with E-state index in [-0.39, 0.29) is 17.2 Å². The third-order valence-corrected chi connectivity index (χ3v) is 7.20. The van der Waals surface area contributed by atoms with Gasteiger partial charge in [0.1, 0.15) is 0 Å². The molecule has 1 aliphatic heterocycles. The molecule has 154 valence electrons. The van der Waals surface area contributed by atoms with Gasteiger partial charge in [0.15, 0.2) is 0 Å². The summed E-state index contributed by atoms with van der Waals surface area (Å²) in [5.74, 6) is 0.0634. The van der Waals surface area contributed by atoms with E-state index >= 15 is 0 Å². The van der Waals surface area contributed by atoms with Gasteiger partial charge in [-0.3, -0.25) is 9.78 Å². The lowest BCUT2D eigenvalue weighted by molar-refractivity contribution is 0.0975. The number of pyridine rings is 1. The number of carbonyl (C=O) groups is 1. The quantitative estimate of drug-likeness (QED) is 0.362. The molecular weight excluding hydrogens is 400 g/mol. The van der Waals surface area contributed by atoms with Gasteiger partial charge in [0.05, 0.1) is 5.52 Å². The summed E-state index contributed by atoms with van der Waals surface area (Å²) in [6.45, 7) is 4.27. The molecule has 2 atom stereocenters. The Morgan fingerprint density at radius 2 is 1.81 bits per heavy atom. The molecule has 3 aromatic carbocycles. The number of para-hydroxylation sites is 1. The number of anilines is 1. The van der Waals surface area contributed by atoms with Crippen LogP contribution < -0.4 is 4.90 Å². The number of amides is 1. The molecule has 31 heavy (non-hydrogen) atoms. The number of thioether (sulfide) groups is 1. The zero-order valence-corrected chi connectivity index (χ0v) is 18.5. The van der Waals surface area contributed by atoms with E-state index in [2.05, 4.69) is 61.3 Å². The van der Waals surface area contributed by atoms with E-state index in [1.807, 2.05) is 59.3 Å². The molecule has 2 heterocycles. The minimum atomic E-state index is 0.0634. The van der Waals surface area contributed by atoms with Gasteiger partial charge in [-0.2, -0.15) is 0 Å². The van der Waals surface area contributed by atoms with E-state index in [0.29, 0.717) is 0 Å². The molecule has 0 unspecified atom stereocenters. The SMILES string of the molecule is Cc1ccc2c(c1)[C@@H](Sc1cccc3cccnc13)C[C@@H](C)N2C(=O)c1ccccc1. The van der Waals surface area contributed by atoms with Crippen LogP contribution in [0.15, 0.2) is 90.0 Å². The van der Waals surface area contributed by atoms with Crippen LogP contribution in [0.25, 0.3) is 10.9 Å². The smallest absolute Gasteiger partial charge is 0.258 e. The maximum atomic E-state index is 13.4. The van der Waals surface area contributed by atoms with Crippen molar-refractivity contribution in [1.29, 1.82) is 0 Å². The molecule has 3 nitrogen and oxygen atoms in total. The van der Waals surface area contributed by atoms with E-state index in [9.17, 15) is 4.79 Å². The van der Waals surface area contributed by atoms with Gasteiger partial charge in [-0.1, -0.05) is 54.1 Å². The van der Waals surface area contributed by atoms with Crippen molar-refractivity contribution in [3.05, 3.63) is 102 Å². The Morgan fingerprint density at radius 1 is 1.00 bits per heavy atom. The van der Waals surface area contributed by atoms with Crippen molar-refractivity contribution in [2.24, 2.45) is 0 Å². The predicted molar refractivity (Wildman–Crippen MR) is 129 cm³/mol. The second kappa shape index (κ2) is 8.20. The van der Waals surface area contributed by atoms with Crippen LogP contribution >= 0.6 is 11.8 Å². The fraction of sp³-hybridized carbons (Fsp3) is 0.185. The molecule has 1 amide bonds. The van der Waals surface area contributed by atoms with Crippen molar-refractivity contribution in [3.63, 3.8) is 0 Å². The first-order valence-corrected chi connectivity index (χ1v) is 11.5. The van der Waals surface area contributed by atoms with Crippen LogP contribution in [0.4, 0.5) is 5.69 Å². The van der Waals surface area contributed by atoms with Crippen LogP contribution in [0, 0.1) is 6.92 Å². The number of nitrogens with zero attached hydrogens (tertiary/aromatic N) is 2. The summed E-state index contributed by atoms with van der Waals surface area (Å²) in [4.78, 5) is 21.2. The minimum Gasteiger partial charge on any atom is -0.305 e. The van der Waals surface area contributed by atoms with Gasteiger partial charge in [-0.05, 0) is 56.2 Å². The first-order chi connectivity index (χ1) is 15.1. The third-order valence-electron chi connectivity index (χ3n) is 5.89. The van der Waals surface area contributed by atoms with E-state index in [4.69, 9.17) is 0 Å². The molecular formula is C27H24N2OS. The zero-order chi connectivity index (χ0) is 21.4. The zero-order valence-electron chi connectivity index (χ0n) is 17.7. The lowest BCUT2D eigenvalue weighted by Gasteiger charge is -2.39. The van der Waals surface area contributed by atoms with E-state index < -0.39 is 0 Å². The molecule has 0 saturated carbocycles. The Hall–Kier alpha value is -3.11. The van der Waals surface area contributed by atoms with Crippen molar-refractivity contribution in [2.75, 3.05) is 4.90 Å². The summed E-state index contributed by atoms with van der Waals surface area (Å²) in [5.41, 5.74) is 5.22. The van der Waals surface area contributed by atoms with Gasteiger partial charge < -0.3 is 4.90 Å². The molecule has 0 radical (unpaired) electrons. The van der Waals surface area contributed by atoms with Crippen LogP contribution in [0.2, 0.25) is 0 Å². The molecule has 0 fully saturated rings. The Morgan fingerprint density at radius 3 is 2.65 bits per heavy atom. The fourth-order valence-electron chi connectivity index (χ4n) is 4.40. The molecule has 1 aromatic heterocycles. The van der Waals surface area contributed by atoms with Gasteiger partial charge in [-0.25, -0.2) is 0 Å². The first-order valence-electron chi connectivity index (χ1n) is 10.6. The van der Waals surface area contributed by atoms with Gasteiger partial charge in [0, 0.05) is 39.0 Å². The lowest BCUT2D eigenvalue weighted by atomic mass is 9.94. The Kier molecular flexibility index (Phi) is 5.24. The van der Waals surface area contributed by atoms with Gasteiger partial charge >= 0.3 is 0 Å². The molecule has 0 spiro atoms. The number of aryl methyl sites for hydroxylation is 1. The second-order valence-electron chi connectivity index (χ2n) is 8.13. The third kappa shape index (κ3) is 3.72. The van der Waals surface area contributed by atoms with Crippen LogP contribution in [-0.2, 0) is 0 Å². The summed E-state index contributed by atoms with van der Waals surface area (Å²) < 4.78 is 0. The molecule has 5 rings (SSSR count). The topological polar surface area (TPSA) is 33.2 Å². The van der Waals surface area contributed by atoms with E-state index in [0.717, 1.165) is 28.6 Å². The molecule has 4 aromatic rings. The number of hydrogen-bond donors (Lipinski definition) is 0. The molecule has 1 aliphatic rings. The van der Waals surface area contributed by atoms with E-state index in [1.165, 1.54) is 16.0 Å². The summed E-state index contributed by atoms with van der Waals surface area (Å²) in [7, 11) is 0. The first kappa shape index (κ1) is 19.8. The molecule has 0 bridgehead atoms. The van der Waals surface area contributed by atoms with Crippen LogP contribution in [-0.4, -0.2) is 16.9 Å². The van der Waals surface area contributed by atoms with E-state index in [1.54, 1.807) is 0 Å². The summed E-state index contributed by atoms with van der Waals surface area (Å²) >= 11 is 1.86. The maximum absolute atomic E-state index is 13.4. The highest BCUT2D eigenvalue weighted by Gasteiger charge is 2.35. The standard InChI is InChI=1S/C27H24N2OS/c1-18-13-14-23-22(16-18)25(31-24-12-6-10-20-11-7-15-28-26(20)24)17-19(2)29(23)27(30)21-8-4-3-5-9-21/h3-16,19,25H,17H2,1-2H3/t19-,25+/m1/s1. The van der Waals surface area contributed by atoms with Crippen molar-refractivity contribution >= 4 is 34.3 Å². The number of aromatic nitrogens is 1. The monoisotopic (exact) mass is 424 g/mol. The van der Waals surface area contributed by atoms with Gasteiger partial charge in [0.25, 0.3) is 5.91 Å². The Bertz CT molecular complexity index is 1250. The van der Waals surface area contributed by atoms with Crippen molar-refractivity contribution in [3.8, 4) is 0 Å². The minimum absolute atomic E-state index is 0.0634. The highest BCUT2D eigenvalue weighted by molar-refractivity contribution is 7.99. The normalized spacial score (nSPS) is 18.1. The number of rotatable bonds is 3. The number of fused-ring (bicyclic) bond motifs is 2. The maximum Gasteiger partial charge on any atom is 0.258 e. The number of hydrogen-bond acceptors (Lipinski definition) is 3. The second-order valence-corrected chi connectivity index (χ2v) is 9.37.